The third-order valence-electron chi connectivity index (χ3n) is 2.57. The summed E-state index contributed by atoms with van der Waals surface area (Å²) in [5, 5.41) is 12.1. The molecule has 1 aromatic carbocycles. The van der Waals surface area contributed by atoms with Crippen molar-refractivity contribution in [1.29, 1.82) is 0 Å². The van der Waals surface area contributed by atoms with E-state index in [1.165, 1.54) is 11.3 Å². The molecule has 21 heavy (non-hydrogen) atoms. The lowest BCUT2D eigenvalue weighted by atomic mass is 10.3. The summed E-state index contributed by atoms with van der Waals surface area (Å²) in [4.78, 5) is 29.0. The fraction of sp³-hybridized carbons (Fsp3) is 0.154. The Kier molecular flexibility index (Phi) is 5.13. The Balaban J connectivity index is 2.09. The molecule has 2 aromatic rings. The number of hydrogen-bond acceptors (Lipinski definition) is 4. The van der Waals surface area contributed by atoms with Gasteiger partial charge in [-0.3, -0.25) is 14.7 Å². The van der Waals surface area contributed by atoms with Crippen LogP contribution in [0.15, 0.2) is 36.0 Å². The molecule has 2 amide bonds. The van der Waals surface area contributed by atoms with Gasteiger partial charge in [0, 0.05) is 21.8 Å². The highest BCUT2D eigenvalue weighted by molar-refractivity contribution is 7.09. The molecule has 0 atom stereocenters. The van der Waals surface area contributed by atoms with Crippen molar-refractivity contribution in [1.82, 2.24) is 10.3 Å². The van der Waals surface area contributed by atoms with Crippen LogP contribution in [0.1, 0.15) is 4.88 Å². The number of anilines is 1. The van der Waals surface area contributed by atoms with Crippen LogP contribution in [0, 0.1) is 0 Å². The van der Waals surface area contributed by atoms with Crippen molar-refractivity contribution >= 4 is 40.6 Å². The van der Waals surface area contributed by atoms with Crippen molar-refractivity contribution in [2.45, 2.75) is 6.54 Å². The maximum atomic E-state index is 12.2. The summed E-state index contributed by atoms with van der Waals surface area (Å²) in [5.41, 5.74) is 2.12. The molecular formula is C13H12ClN3O3S. The van der Waals surface area contributed by atoms with Crippen LogP contribution in [0.4, 0.5) is 10.5 Å². The van der Waals surface area contributed by atoms with E-state index in [-0.39, 0.29) is 0 Å². The highest BCUT2D eigenvalue weighted by Crippen LogP contribution is 2.18. The third-order valence-corrected chi connectivity index (χ3v) is 3.61. The van der Waals surface area contributed by atoms with Crippen molar-refractivity contribution in [3.05, 3.63) is 45.9 Å². The number of aromatic nitrogens is 1. The maximum absolute atomic E-state index is 12.2. The number of benzene rings is 1. The second-order valence-electron chi connectivity index (χ2n) is 4.08. The molecule has 0 fully saturated rings. The number of carboxylic acid groups (broad SMARTS) is 1. The van der Waals surface area contributed by atoms with E-state index < -0.39 is 18.5 Å². The number of carbonyl (C=O) groups excluding carboxylic acids is 1. The number of rotatable bonds is 5. The summed E-state index contributed by atoms with van der Waals surface area (Å²) in [6.07, 6.45) is 1.65. The van der Waals surface area contributed by atoms with Gasteiger partial charge in [0.15, 0.2) is 0 Å². The number of nitrogens with one attached hydrogen (secondary N) is 1. The minimum absolute atomic E-state index is 0.299. The first-order valence-electron chi connectivity index (χ1n) is 5.96. The van der Waals surface area contributed by atoms with Gasteiger partial charge in [-0.05, 0) is 24.3 Å². The molecule has 0 saturated heterocycles. The van der Waals surface area contributed by atoms with Crippen LogP contribution in [-0.2, 0) is 11.3 Å². The van der Waals surface area contributed by atoms with Crippen molar-refractivity contribution in [3.8, 4) is 0 Å². The van der Waals surface area contributed by atoms with Gasteiger partial charge in [-0.1, -0.05) is 11.6 Å². The van der Waals surface area contributed by atoms with Crippen LogP contribution >= 0.6 is 22.9 Å². The van der Waals surface area contributed by atoms with Gasteiger partial charge in [0.1, 0.15) is 6.54 Å². The minimum atomic E-state index is -1.10. The molecular weight excluding hydrogens is 314 g/mol. The van der Waals surface area contributed by atoms with Crippen molar-refractivity contribution in [3.63, 3.8) is 0 Å². The molecule has 0 saturated carbocycles. The number of carbonyl (C=O) groups is 2. The number of urea groups is 1. The highest BCUT2D eigenvalue weighted by atomic mass is 35.5. The van der Waals surface area contributed by atoms with Gasteiger partial charge in [0.2, 0.25) is 0 Å². The summed E-state index contributed by atoms with van der Waals surface area (Å²) in [6.45, 7) is -0.136. The van der Waals surface area contributed by atoms with Crippen LogP contribution in [-0.4, -0.2) is 28.6 Å². The Hall–Kier alpha value is -2.12. The summed E-state index contributed by atoms with van der Waals surface area (Å²) in [7, 11) is 0. The Morgan fingerprint density at radius 1 is 1.33 bits per heavy atom. The summed E-state index contributed by atoms with van der Waals surface area (Å²) in [6, 6.07) is 5.90. The summed E-state index contributed by atoms with van der Waals surface area (Å²) >= 11 is 7.20. The molecule has 0 aliphatic carbocycles. The van der Waals surface area contributed by atoms with Crippen molar-refractivity contribution < 1.29 is 14.7 Å². The van der Waals surface area contributed by atoms with E-state index in [0.717, 1.165) is 9.78 Å². The zero-order valence-corrected chi connectivity index (χ0v) is 12.4. The molecule has 0 spiro atoms. The molecule has 0 unspecified atom stereocenters. The Morgan fingerprint density at radius 3 is 2.62 bits per heavy atom. The number of amides is 2. The van der Waals surface area contributed by atoms with Gasteiger partial charge < -0.3 is 10.4 Å². The van der Waals surface area contributed by atoms with Gasteiger partial charge in [0.05, 0.1) is 12.1 Å². The van der Waals surface area contributed by atoms with Crippen LogP contribution in [0.3, 0.4) is 0 Å². The molecule has 0 aliphatic heterocycles. The quantitative estimate of drug-likeness (QED) is 0.885. The molecule has 1 heterocycles. The van der Waals surface area contributed by atoms with E-state index >= 15 is 0 Å². The Morgan fingerprint density at radius 2 is 2.05 bits per heavy atom. The average molecular weight is 326 g/mol. The molecule has 6 nitrogen and oxygen atoms in total. The zero-order valence-electron chi connectivity index (χ0n) is 10.8. The van der Waals surface area contributed by atoms with Gasteiger partial charge >= 0.3 is 12.0 Å². The van der Waals surface area contributed by atoms with Crippen LogP contribution in [0.5, 0.6) is 0 Å². The fourth-order valence-electron chi connectivity index (χ4n) is 1.62. The van der Waals surface area contributed by atoms with Crippen LogP contribution < -0.4 is 10.2 Å². The van der Waals surface area contributed by atoms with Crippen LogP contribution in [0.2, 0.25) is 5.02 Å². The molecule has 2 N–H and O–H groups in total. The standard InChI is InChI=1S/C13H12ClN3O3S/c14-9-1-3-10(4-2-9)17(7-12(18)19)13(20)16-6-11-5-15-8-21-11/h1-5,8H,6-7H2,(H,16,20)(H,18,19). The topological polar surface area (TPSA) is 82.5 Å². The summed E-state index contributed by atoms with van der Waals surface area (Å²) < 4.78 is 0. The first kappa shape index (κ1) is 15.3. The Labute approximate surface area is 130 Å². The Bertz CT molecular complexity index is 616. The van der Waals surface area contributed by atoms with Gasteiger partial charge in [-0.2, -0.15) is 0 Å². The van der Waals surface area contributed by atoms with Gasteiger partial charge in [-0.15, -0.1) is 11.3 Å². The first-order valence-corrected chi connectivity index (χ1v) is 7.22. The average Bonchev–Trinajstić information content (AvgIpc) is 2.96. The molecule has 0 bridgehead atoms. The number of aliphatic carboxylic acids is 1. The molecule has 0 aliphatic rings. The second-order valence-corrected chi connectivity index (χ2v) is 5.49. The number of halogens is 1. The van der Waals surface area contributed by atoms with Gasteiger partial charge in [0.25, 0.3) is 0 Å². The lowest BCUT2D eigenvalue weighted by Gasteiger charge is -2.21. The molecule has 110 valence electrons. The SMILES string of the molecule is O=C(O)CN(C(=O)NCc1cncs1)c1ccc(Cl)cc1. The van der Waals surface area contributed by atoms with E-state index in [1.54, 1.807) is 36.0 Å². The van der Waals surface area contributed by atoms with Gasteiger partial charge in [-0.25, -0.2) is 4.79 Å². The minimum Gasteiger partial charge on any atom is -0.480 e. The van der Waals surface area contributed by atoms with Crippen molar-refractivity contribution in [2.75, 3.05) is 11.4 Å². The third kappa shape index (κ3) is 4.44. The van der Waals surface area contributed by atoms with E-state index in [0.29, 0.717) is 17.3 Å². The normalized spacial score (nSPS) is 10.1. The van der Waals surface area contributed by atoms with E-state index in [9.17, 15) is 9.59 Å². The largest absolute Gasteiger partial charge is 0.480 e. The second kappa shape index (κ2) is 7.05. The van der Waals surface area contributed by atoms with Crippen LogP contribution in [0.25, 0.3) is 0 Å². The highest BCUT2D eigenvalue weighted by Gasteiger charge is 2.18. The lowest BCUT2D eigenvalue weighted by molar-refractivity contribution is -0.135. The molecule has 1 aromatic heterocycles. The van der Waals surface area contributed by atoms with Crippen molar-refractivity contribution in [2.24, 2.45) is 0 Å². The molecule has 2 rings (SSSR count). The predicted molar refractivity (Wildman–Crippen MR) is 80.8 cm³/mol. The molecule has 8 heteroatoms. The number of hydrogen-bond donors (Lipinski definition) is 2. The summed E-state index contributed by atoms with van der Waals surface area (Å²) in [5.74, 6) is -1.10. The number of nitrogens with zero attached hydrogens (tertiary/aromatic N) is 2. The predicted octanol–water partition coefficient (Wildman–Crippen LogP) is 2.60. The lowest BCUT2D eigenvalue weighted by Crippen LogP contribution is -2.42. The monoisotopic (exact) mass is 325 g/mol. The van der Waals surface area contributed by atoms with E-state index in [1.807, 2.05) is 0 Å². The fourth-order valence-corrected chi connectivity index (χ4v) is 2.28. The number of thiazole rings is 1. The first-order chi connectivity index (χ1) is 10.1. The smallest absolute Gasteiger partial charge is 0.323 e. The zero-order chi connectivity index (χ0) is 15.2. The van der Waals surface area contributed by atoms with E-state index in [4.69, 9.17) is 16.7 Å². The maximum Gasteiger partial charge on any atom is 0.323 e. The van der Waals surface area contributed by atoms with E-state index in [2.05, 4.69) is 10.3 Å². The molecule has 0 radical (unpaired) electrons. The number of carboxylic acids is 1.